The summed E-state index contributed by atoms with van der Waals surface area (Å²) in [7, 11) is 0. The van der Waals surface area contributed by atoms with Crippen LogP contribution in [0.25, 0.3) is 0 Å². The molecule has 4 nitrogen and oxygen atoms in total. The molecule has 1 aliphatic rings. The number of carboxylic acids is 1. The number of benzene rings is 1. The quantitative estimate of drug-likeness (QED) is 0.861. The third-order valence-corrected chi connectivity index (χ3v) is 2.74. The molecule has 0 spiro atoms. The molecule has 5 heteroatoms. The van der Waals surface area contributed by atoms with Crippen LogP contribution < -0.4 is 0 Å². The monoisotopic (exact) mass is 334 g/mol. The Kier molecular flexibility index (Phi) is 5.43. The van der Waals surface area contributed by atoms with Crippen LogP contribution in [-0.2, 0) is 30.9 Å². The number of ether oxygens (including phenoxy) is 1. The van der Waals surface area contributed by atoms with E-state index in [9.17, 15) is 9.59 Å². The average molecular weight is 335 g/mol. The van der Waals surface area contributed by atoms with Crippen molar-refractivity contribution in [2.75, 3.05) is 0 Å². The molecule has 19 heavy (non-hydrogen) atoms. The second-order valence-corrected chi connectivity index (χ2v) is 3.92. The Hall–Kier alpha value is -1.48. The van der Waals surface area contributed by atoms with Crippen molar-refractivity contribution in [3.63, 3.8) is 0 Å². The van der Waals surface area contributed by atoms with Crippen molar-refractivity contribution in [3.8, 4) is 0 Å². The van der Waals surface area contributed by atoms with Gasteiger partial charge in [-0.2, -0.15) is 0 Å². The van der Waals surface area contributed by atoms with Crippen LogP contribution in [0.1, 0.15) is 26.3 Å². The van der Waals surface area contributed by atoms with Crippen molar-refractivity contribution >= 4 is 11.9 Å². The third-order valence-electron chi connectivity index (χ3n) is 2.74. The van der Waals surface area contributed by atoms with Crippen molar-refractivity contribution in [3.05, 3.63) is 59.2 Å². The normalized spacial score (nSPS) is 13.1. The van der Waals surface area contributed by atoms with Crippen LogP contribution in [0.5, 0.6) is 0 Å². The summed E-state index contributed by atoms with van der Waals surface area (Å²) in [5.74, 6) is -1.57. The summed E-state index contributed by atoms with van der Waals surface area (Å²) in [6, 6.07) is 4.56. The maximum absolute atomic E-state index is 11.9. The largest absolute Gasteiger partial charge is 0.478 e. The molecule has 1 aromatic carbocycles. The first kappa shape index (κ1) is 15.6. The first-order valence-electron chi connectivity index (χ1n) is 5.48. The van der Waals surface area contributed by atoms with E-state index >= 15 is 0 Å². The Morgan fingerprint density at radius 3 is 2.32 bits per heavy atom. The Bertz CT molecular complexity index is 549. The van der Waals surface area contributed by atoms with Gasteiger partial charge in [-0.05, 0) is 36.8 Å². The van der Waals surface area contributed by atoms with E-state index in [1.165, 1.54) is 12.1 Å². The fraction of sp³-hybridized carbons (Fsp3) is 0.143. The Labute approximate surface area is 129 Å². The average Bonchev–Trinajstić information content (AvgIpc) is 2.81. The zero-order valence-corrected chi connectivity index (χ0v) is 12.7. The molecule has 0 bridgehead atoms. The molecule has 0 saturated carbocycles. The molecule has 1 N–H and O–H groups in total. The minimum absolute atomic E-state index is 0. The third kappa shape index (κ3) is 3.51. The van der Waals surface area contributed by atoms with Crippen molar-refractivity contribution in [1.82, 2.24) is 0 Å². The number of esters is 1. The van der Waals surface area contributed by atoms with E-state index in [1.807, 2.05) is 0 Å². The molecule has 0 unspecified atom stereocenters. The van der Waals surface area contributed by atoms with E-state index in [1.54, 1.807) is 37.3 Å². The van der Waals surface area contributed by atoms with Gasteiger partial charge in [0.2, 0.25) is 0 Å². The van der Waals surface area contributed by atoms with Crippen LogP contribution in [0.2, 0.25) is 0 Å². The summed E-state index contributed by atoms with van der Waals surface area (Å²) in [6.45, 7) is 1.60. The number of rotatable bonds is 3. The van der Waals surface area contributed by atoms with Crippen molar-refractivity contribution in [1.29, 1.82) is 0 Å². The minimum atomic E-state index is -1.05. The van der Waals surface area contributed by atoms with Crippen LogP contribution in [0, 0.1) is 6.92 Å². The smallest absolute Gasteiger partial charge is 0.339 e. The van der Waals surface area contributed by atoms with Gasteiger partial charge in [-0.15, -0.1) is 0 Å². The summed E-state index contributed by atoms with van der Waals surface area (Å²) < 4.78 is 5.21. The molecule has 0 aliphatic heterocycles. The standard InChI is InChI=1S/C14H12O4.Zr/c1-9-11(13(15)16)7-4-8-12(9)14(17)18-10-5-2-3-6-10;/h2-8,10H,1H3,(H,15,16);. The van der Waals surface area contributed by atoms with Gasteiger partial charge >= 0.3 is 11.9 Å². The summed E-state index contributed by atoms with van der Waals surface area (Å²) in [4.78, 5) is 22.9. The van der Waals surface area contributed by atoms with Crippen LogP contribution in [0.15, 0.2) is 42.5 Å². The topological polar surface area (TPSA) is 63.6 Å². The van der Waals surface area contributed by atoms with Crippen molar-refractivity contribution in [2.24, 2.45) is 0 Å². The van der Waals surface area contributed by atoms with Crippen molar-refractivity contribution in [2.45, 2.75) is 13.0 Å². The number of allylic oxidation sites excluding steroid dienone is 2. The number of hydrogen-bond acceptors (Lipinski definition) is 3. The number of carboxylic acid groups (broad SMARTS) is 1. The molecule has 2 rings (SSSR count). The predicted octanol–water partition coefficient (Wildman–Crippen LogP) is 2.34. The minimum Gasteiger partial charge on any atom is -0.478 e. The van der Waals surface area contributed by atoms with E-state index in [0.717, 1.165) is 0 Å². The number of carbonyl (C=O) groups is 2. The summed E-state index contributed by atoms with van der Waals surface area (Å²) >= 11 is 0. The maximum atomic E-state index is 11.9. The fourth-order valence-corrected chi connectivity index (χ4v) is 1.77. The predicted molar refractivity (Wildman–Crippen MR) is 65.6 cm³/mol. The summed E-state index contributed by atoms with van der Waals surface area (Å²) in [5.41, 5.74) is 0.812. The van der Waals surface area contributed by atoms with E-state index in [2.05, 4.69) is 0 Å². The first-order chi connectivity index (χ1) is 8.59. The fourth-order valence-electron chi connectivity index (χ4n) is 1.77. The van der Waals surface area contributed by atoms with Gasteiger partial charge in [0.15, 0.2) is 0 Å². The molecule has 1 aliphatic carbocycles. The van der Waals surface area contributed by atoms with Gasteiger partial charge < -0.3 is 9.84 Å². The van der Waals surface area contributed by atoms with Crippen LogP contribution >= 0.6 is 0 Å². The summed E-state index contributed by atoms with van der Waals surface area (Å²) in [6.07, 6.45) is 6.70. The zero-order valence-electron chi connectivity index (χ0n) is 10.3. The first-order valence-corrected chi connectivity index (χ1v) is 5.48. The SMILES string of the molecule is Cc1c(C(=O)O)cccc1C(=O)OC1C=CC=C1.[Zr]. The number of carbonyl (C=O) groups excluding carboxylic acids is 1. The molecular weight excluding hydrogens is 323 g/mol. The van der Waals surface area contributed by atoms with Crippen LogP contribution in [0.3, 0.4) is 0 Å². The second-order valence-electron chi connectivity index (χ2n) is 3.92. The van der Waals surface area contributed by atoms with Gasteiger partial charge in [-0.25, -0.2) is 9.59 Å². The maximum Gasteiger partial charge on any atom is 0.339 e. The Morgan fingerprint density at radius 2 is 1.74 bits per heavy atom. The zero-order chi connectivity index (χ0) is 13.1. The molecule has 0 radical (unpaired) electrons. The Balaban J connectivity index is 0.00000180. The molecular formula is C14H12O4Zr. The summed E-state index contributed by atoms with van der Waals surface area (Å²) in [5, 5.41) is 8.98. The van der Waals surface area contributed by atoms with E-state index in [4.69, 9.17) is 9.84 Å². The Morgan fingerprint density at radius 1 is 1.16 bits per heavy atom. The van der Waals surface area contributed by atoms with E-state index in [0.29, 0.717) is 5.56 Å². The molecule has 0 atom stereocenters. The molecule has 0 heterocycles. The van der Waals surface area contributed by atoms with Gasteiger partial charge in [0.05, 0.1) is 11.1 Å². The van der Waals surface area contributed by atoms with Crippen LogP contribution in [0.4, 0.5) is 0 Å². The van der Waals surface area contributed by atoms with Crippen molar-refractivity contribution < 1.29 is 45.6 Å². The molecule has 0 amide bonds. The molecule has 96 valence electrons. The molecule has 0 fully saturated rings. The number of hydrogen-bond donors (Lipinski definition) is 1. The van der Waals surface area contributed by atoms with E-state index in [-0.39, 0.29) is 43.4 Å². The molecule has 0 saturated heterocycles. The molecule has 1 aromatic rings. The van der Waals surface area contributed by atoms with Gasteiger partial charge in [0.1, 0.15) is 6.10 Å². The van der Waals surface area contributed by atoms with Gasteiger partial charge in [0.25, 0.3) is 0 Å². The van der Waals surface area contributed by atoms with Gasteiger partial charge in [-0.1, -0.05) is 18.2 Å². The molecule has 0 aromatic heterocycles. The van der Waals surface area contributed by atoms with E-state index < -0.39 is 11.9 Å². The van der Waals surface area contributed by atoms with Gasteiger partial charge in [-0.3, -0.25) is 0 Å². The second kappa shape index (κ2) is 6.62. The number of aromatic carboxylic acids is 1. The van der Waals surface area contributed by atoms with Gasteiger partial charge in [0, 0.05) is 26.2 Å². The van der Waals surface area contributed by atoms with Crippen LogP contribution in [-0.4, -0.2) is 23.1 Å².